The van der Waals surface area contributed by atoms with Gasteiger partial charge in [-0.25, -0.2) is 0 Å². The van der Waals surface area contributed by atoms with Gasteiger partial charge in [0.05, 0.1) is 11.5 Å². The lowest BCUT2D eigenvalue weighted by molar-refractivity contribution is -0.386. The Kier molecular flexibility index (Phi) is 6.63. The maximum atomic E-state index is 10.9. The molecule has 106 valence electrons. The third-order valence-corrected chi connectivity index (χ3v) is 2.63. The highest BCUT2D eigenvalue weighted by molar-refractivity contribution is 5.48. The molecule has 19 heavy (non-hydrogen) atoms. The normalized spacial score (nSPS) is 10.2. The molecule has 0 spiro atoms. The Balaban J connectivity index is 2.66. The molecule has 0 aliphatic heterocycles. The number of rotatable bonds is 9. The highest BCUT2D eigenvalue weighted by Crippen LogP contribution is 2.26. The molecule has 0 saturated heterocycles. The van der Waals surface area contributed by atoms with E-state index in [-0.39, 0.29) is 11.6 Å². The largest absolute Gasteiger partial charge is 0.473 e. The average Bonchev–Trinajstić information content (AvgIpc) is 2.39. The number of ether oxygens (including phenoxy) is 1. The second-order valence-corrected chi connectivity index (χ2v) is 4.22. The molecule has 0 radical (unpaired) electrons. The lowest BCUT2D eigenvalue weighted by Crippen LogP contribution is -2.05. The summed E-state index contributed by atoms with van der Waals surface area (Å²) in [6.07, 6.45) is 4.25. The fourth-order valence-corrected chi connectivity index (χ4v) is 1.66. The van der Waals surface area contributed by atoms with Gasteiger partial charge in [-0.15, -0.1) is 0 Å². The number of nitro groups is 1. The molecule has 6 heteroatoms. The zero-order valence-corrected chi connectivity index (χ0v) is 11.5. The minimum absolute atomic E-state index is 0.0860. The van der Waals surface area contributed by atoms with Crippen molar-refractivity contribution >= 4 is 11.5 Å². The van der Waals surface area contributed by atoms with Crippen molar-refractivity contribution in [3.63, 3.8) is 0 Å². The quantitative estimate of drug-likeness (QED) is 0.421. The van der Waals surface area contributed by atoms with Crippen LogP contribution in [0.2, 0.25) is 0 Å². The molecule has 1 heterocycles. The second kappa shape index (κ2) is 8.29. The lowest BCUT2D eigenvalue weighted by Gasteiger charge is -2.08. The summed E-state index contributed by atoms with van der Waals surface area (Å²) in [7, 11) is 0. The smallest absolute Gasteiger partial charge is 0.331 e. The van der Waals surface area contributed by atoms with Gasteiger partial charge in [-0.3, -0.25) is 10.1 Å². The molecule has 0 unspecified atom stereocenters. The molecule has 0 fully saturated rings. The van der Waals surface area contributed by atoms with Gasteiger partial charge in [0.1, 0.15) is 5.82 Å². The highest BCUT2D eigenvalue weighted by atomic mass is 16.6. The Labute approximate surface area is 113 Å². The number of pyridine rings is 1. The monoisotopic (exact) mass is 267 g/mol. The topological polar surface area (TPSA) is 77.3 Å². The summed E-state index contributed by atoms with van der Waals surface area (Å²) in [6.45, 7) is 5.24. The predicted molar refractivity (Wildman–Crippen MR) is 74.7 cm³/mol. The summed E-state index contributed by atoms with van der Waals surface area (Å²) in [5.41, 5.74) is -0.0860. The number of unbranched alkanes of at least 4 members (excludes halogenated alkanes) is 3. The Morgan fingerprint density at radius 2 is 2.11 bits per heavy atom. The maximum absolute atomic E-state index is 10.9. The van der Waals surface area contributed by atoms with Crippen LogP contribution in [0, 0.1) is 10.1 Å². The number of nitrogens with one attached hydrogen (secondary N) is 1. The van der Waals surface area contributed by atoms with Crippen molar-refractivity contribution < 1.29 is 9.66 Å². The van der Waals surface area contributed by atoms with E-state index in [9.17, 15) is 10.1 Å². The first-order valence-electron chi connectivity index (χ1n) is 6.71. The van der Waals surface area contributed by atoms with Gasteiger partial charge >= 0.3 is 5.69 Å². The average molecular weight is 267 g/mol. The van der Waals surface area contributed by atoms with Gasteiger partial charge in [-0.2, -0.15) is 4.98 Å². The van der Waals surface area contributed by atoms with Crippen LogP contribution < -0.4 is 10.1 Å². The van der Waals surface area contributed by atoms with Gasteiger partial charge in [-0.1, -0.05) is 26.2 Å². The summed E-state index contributed by atoms with van der Waals surface area (Å²) >= 11 is 0. The third-order valence-electron chi connectivity index (χ3n) is 2.63. The van der Waals surface area contributed by atoms with Crippen molar-refractivity contribution in [2.45, 2.75) is 39.5 Å². The number of hydrogen-bond donors (Lipinski definition) is 1. The molecular weight excluding hydrogens is 246 g/mol. The van der Waals surface area contributed by atoms with Crippen molar-refractivity contribution in [1.29, 1.82) is 0 Å². The third kappa shape index (κ3) is 5.11. The molecular formula is C13H21N3O3. The molecule has 1 aromatic heterocycles. The van der Waals surface area contributed by atoms with Gasteiger partial charge in [0.25, 0.3) is 5.88 Å². The number of anilines is 1. The van der Waals surface area contributed by atoms with E-state index < -0.39 is 4.92 Å². The molecule has 0 aromatic carbocycles. The van der Waals surface area contributed by atoms with Crippen LogP contribution in [0.25, 0.3) is 0 Å². The van der Waals surface area contributed by atoms with Gasteiger partial charge in [-0.05, 0) is 19.4 Å². The van der Waals surface area contributed by atoms with Crippen LogP contribution in [0.15, 0.2) is 12.1 Å². The van der Waals surface area contributed by atoms with Crippen molar-refractivity contribution in [2.24, 2.45) is 0 Å². The van der Waals surface area contributed by atoms with Gasteiger partial charge in [0, 0.05) is 12.6 Å². The Morgan fingerprint density at radius 1 is 1.32 bits per heavy atom. The summed E-state index contributed by atoms with van der Waals surface area (Å²) in [5.74, 6) is 0.691. The molecule has 0 atom stereocenters. The molecule has 0 saturated carbocycles. The summed E-state index contributed by atoms with van der Waals surface area (Å²) < 4.78 is 5.44. The molecule has 0 amide bonds. The second-order valence-electron chi connectivity index (χ2n) is 4.22. The molecule has 1 rings (SSSR count). The minimum atomic E-state index is -0.468. The Morgan fingerprint density at radius 3 is 2.74 bits per heavy atom. The molecule has 1 aromatic rings. The molecule has 0 aliphatic rings. The summed E-state index contributed by atoms with van der Waals surface area (Å²) in [4.78, 5) is 14.5. The van der Waals surface area contributed by atoms with Crippen molar-refractivity contribution in [1.82, 2.24) is 4.98 Å². The number of aromatic nitrogens is 1. The standard InChI is InChI=1S/C13H21N3O3/c1-3-5-6-7-10-19-13-11(16(17)18)8-9-12(15-13)14-4-2/h8-9H,3-7,10H2,1-2H3,(H,14,15). The first kappa shape index (κ1) is 15.2. The molecule has 1 N–H and O–H groups in total. The molecule has 0 aliphatic carbocycles. The predicted octanol–water partition coefficient (Wildman–Crippen LogP) is 3.38. The van der Waals surface area contributed by atoms with Crippen LogP contribution in [0.3, 0.4) is 0 Å². The molecule has 6 nitrogen and oxygen atoms in total. The van der Waals surface area contributed by atoms with Crippen molar-refractivity contribution in [2.75, 3.05) is 18.5 Å². The van der Waals surface area contributed by atoms with Gasteiger partial charge < -0.3 is 10.1 Å². The first-order chi connectivity index (χ1) is 9.19. The van der Waals surface area contributed by atoms with Crippen LogP contribution in [0.4, 0.5) is 11.5 Å². The van der Waals surface area contributed by atoms with E-state index in [0.29, 0.717) is 19.0 Å². The zero-order valence-electron chi connectivity index (χ0n) is 11.5. The Hall–Kier alpha value is -1.85. The van der Waals surface area contributed by atoms with E-state index >= 15 is 0 Å². The van der Waals surface area contributed by atoms with Crippen molar-refractivity contribution in [3.05, 3.63) is 22.2 Å². The summed E-state index contributed by atoms with van der Waals surface area (Å²) in [5, 5.41) is 13.9. The van der Waals surface area contributed by atoms with E-state index in [2.05, 4.69) is 17.2 Å². The molecule has 0 bridgehead atoms. The SMILES string of the molecule is CCCCCCOc1nc(NCC)ccc1[N+](=O)[O-]. The van der Waals surface area contributed by atoms with Crippen LogP contribution in [0.1, 0.15) is 39.5 Å². The summed E-state index contributed by atoms with van der Waals surface area (Å²) in [6, 6.07) is 3.01. The first-order valence-corrected chi connectivity index (χ1v) is 6.71. The van der Waals surface area contributed by atoms with Gasteiger partial charge in [0.15, 0.2) is 0 Å². The fraction of sp³-hybridized carbons (Fsp3) is 0.615. The maximum Gasteiger partial charge on any atom is 0.331 e. The Bertz CT molecular complexity index is 410. The van der Waals surface area contributed by atoms with E-state index in [1.54, 1.807) is 6.07 Å². The lowest BCUT2D eigenvalue weighted by atomic mass is 10.2. The number of hydrogen-bond acceptors (Lipinski definition) is 5. The zero-order chi connectivity index (χ0) is 14.1. The van der Waals surface area contributed by atoms with E-state index in [4.69, 9.17) is 4.74 Å². The van der Waals surface area contributed by atoms with E-state index in [1.165, 1.54) is 6.07 Å². The fourth-order valence-electron chi connectivity index (χ4n) is 1.66. The van der Waals surface area contributed by atoms with Crippen LogP contribution in [-0.4, -0.2) is 23.1 Å². The van der Waals surface area contributed by atoms with E-state index in [1.807, 2.05) is 6.92 Å². The van der Waals surface area contributed by atoms with Crippen LogP contribution >= 0.6 is 0 Å². The van der Waals surface area contributed by atoms with Crippen molar-refractivity contribution in [3.8, 4) is 5.88 Å². The van der Waals surface area contributed by atoms with E-state index in [0.717, 1.165) is 25.7 Å². The van der Waals surface area contributed by atoms with Crippen LogP contribution in [-0.2, 0) is 0 Å². The van der Waals surface area contributed by atoms with Gasteiger partial charge in [0.2, 0.25) is 0 Å². The minimum Gasteiger partial charge on any atom is -0.473 e. The highest BCUT2D eigenvalue weighted by Gasteiger charge is 2.17. The van der Waals surface area contributed by atoms with Crippen LogP contribution in [0.5, 0.6) is 5.88 Å². The number of nitrogens with zero attached hydrogens (tertiary/aromatic N) is 2.